The van der Waals surface area contributed by atoms with Gasteiger partial charge in [0.25, 0.3) is 0 Å². The molecule has 2 aromatic rings. The smallest absolute Gasteiger partial charge is 0.0412 e. The third kappa shape index (κ3) is 3.64. The summed E-state index contributed by atoms with van der Waals surface area (Å²) in [6, 6.07) is 7.14. The van der Waals surface area contributed by atoms with Gasteiger partial charge in [0, 0.05) is 33.8 Å². The van der Waals surface area contributed by atoms with Crippen molar-refractivity contribution >= 4 is 11.3 Å². The Kier molecular flexibility index (Phi) is 5.11. The molecule has 0 saturated carbocycles. The van der Waals surface area contributed by atoms with Gasteiger partial charge < -0.3 is 5.32 Å². The van der Waals surface area contributed by atoms with Gasteiger partial charge in [-0.05, 0) is 50.1 Å². The summed E-state index contributed by atoms with van der Waals surface area (Å²) in [6.07, 6.45) is 6.15. The predicted octanol–water partition coefficient (Wildman–Crippen LogP) is 4.57. The van der Waals surface area contributed by atoms with Crippen molar-refractivity contribution in [2.75, 3.05) is 6.54 Å². The van der Waals surface area contributed by atoms with Crippen LogP contribution in [0.25, 0.3) is 10.4 Å². The number of hydrogen-bond donors (Lipinski definition) is 1. The average Bonchev–Trinajstić information content (AvgIpc) is 2.89. The highest BCUT2D eigenvalue weighted by atomic mass is 32.1. The van der Waals surface area contributed by atoms with Crippen LogP contribution in [-0.2, 0) is 0 Å². The van der Waals surface area contributed by atoms with Crippen LogP contribution < -0.4 is 5.32 Å². The van der Waals surface area contributed by atoms with Crippen LogP contribution in [0.4, 0.5) is 0 Å². The minimum Gasteiger partial charge on any atom is -0.309 e. The minimum absolute atomic E-state index is 0.483. The highest BCUT2D eigenvalue weighted by Crippen LogP contribution is 2.32. The van der Waals surface area contributed by atoms with Crippen LogP contribution in [0.1, 0.15) is 43.2 Å². The molecule has 2 nitrogen and oxygen atoms in total. The Morgan fingerprint density at radius 1 is 1.26 bits per heavy atom. The lowest BCUT2D eigenvalue weighted by molar-refractivity contribution is 0.525. The Morgan fingerprint density at radius 3 is 2.79 bits per heavy atom. The van der Waals surface area contributed by atoms with Gasteiger partial charge in [-0.3, -0.25) is 4.98 Å². The van der Waals surface area contributed by atoms with Crippen LogP contribution in [0.15, 0.2) is 30.6 Å². The molecule has 0 spiro atoms. The molecule has 0 aliphatic heterocycles. The number of nitrogens with zero attached hydrogens (tertiary/aromatic N) is 1. The van der Waals surface area contributed by atoms with Gasteiger partial charge in [0.05, 0.1) is 0 Å². The highest BCUT2D eigenvalue weighted by molar-refractivity contribution is 7.15. The topological polar surface area (TPSA) is 24.9 Å². The summed E-state index contributed by atoms with van der Waals surface area (Å²) >= 11 is 1.88. The van der Waals surface area contributed by atoms with E-state index in [-0.39, 0.29) is 0 Å². The van der Waals surface area contributed by atoms with Crippen molar-refractivity contribution in [3.63, 3.8) is 0 Å². The average molecular weight is 274 g/mol. The second-order valence-corrected chi connectivity index (χ2v) is 5.98. The Morgan fingerprint density at radius 2 is 2.11 bits per heavy atom. The molecule has 0 aliphatic carbocycles. The fourth-order valence-electron chi connectivity index (χ4n) is 2.15. The van der Waals surface area contributed by atoms with E-state index >= 15 is 0 Å². The first-order chi connectivity index (χ1) is 9.24. The first-order valence-electron chi connectivity index (χ1n) is 6.99. The highest BCUT2D eigenvalue weighted by Gasteiger charge is 2.11. The van der Waals surface area contributed by atoms with Crippen LogP contribution in [-0.4, -0.2) is 11.5 Å². The van der Waals surface area contributed by atoms with Crippen LogP contribution in [0, 0.1) is 6.92 Å². The quantitative estimate of drug-likeness (QED) is 0.834. The Labute approximate surface area is 119 Å². The molecule has 0 amide bonds. The molecule has 0 radical (unpaired) electrons. The predicted molar refractivity (Wildman–Crippen MR) is 83.6 cm³/mol. The Balaban J connectivity index is 2.18. The van der Waals surface area contributed by atoms with Crippen molar-refractivity contribution in [3.8, 4) is 10.4 Å². The van der Waals surface area contributed by atoms with E-state index < -0.39 is 0 Å². The van der Waals surface area contributed by atoms with Gasteiger partial charge in [-0.15, -0.1) is 11.3 Å². The van der Waals surface area contributed by atoms with Crippen molar-refractivity contribution in [1.82, 2.24) is 10.3 Å². The normalized spacial score (nSPS) is 12.6. The molecule has 1 unspecified atom stereocenters. The molecule has 2 aromatic heterocycles. The Bertz CT molecular complexity index is 519. The number of rotatable bonds is 6. The van der Waals surface area contributed by atoms with Crippen molar-refractivity contribution in [3.05, 3.63) is 41.0 Å². The zero-order chi connectivity index (χ0) is 13.7. The number of hydrogen-bond acceptors (Lipinski definition) is 3. The van der Waals surface area contributed by atoms with E-state index in [0.29, 0.717) is 6.04 Å². The van der Waals surface area contributed by atoms with Gasteiger partial charge in [0.2, 0.25) is 0 Å². The summed E-state index contributed by atoms with van der Waals surface area (Å²) in [5.41, 5.74) is 2.44. The number of aromatic nitrogens is 1. The molecule has 0 saturated heterocycles. The van der Waals surface area contributed by atoms with Crippen molar-refractivity contribution < 1.29 is 0 Å². The van der Waals surface area contributed by atoms with Gasteiger partial charge >= 0.3 is 0 Å². The second kappa shape index (κ2) is 6.83. The summed E-state index contributed by atoms with van der Waals surface area (Å²) in [4.78, 5) is 7.01. The molecule has 19 heavy (non-hydrogen) atoms. The summed E-state index contributed by atoms with van der Waals surface area (Å²) in [6.45, 7) is 7.61. The van der Waals surface area contributed by atoms with Crippen LogP contribution in [0.2, 0.25) is 0 Å². The van der Waals surface area contributed by atoms with E-state index in [9.17, 15) is 0 Å². The molecule has 0 aliphatic rings. The van der Waals surface area contributed by atoms with Gasteiger partial charge in [-0.1, -0.05) is 13.8 Å². The maximum Gasteiger partial charge on any atom is 0.0412 e. The zero-order valence-corrected chi connectivity index (χ0v) is 12.8. The van der Waals surface area contributed by atoms with E-state index in [1.807, 2.05) is 23.7 Å². The molecular weight excluding hydrogens is 252 g/mol. The third-order valence-corrected chi connectivity index (χ3v) is 4.43. The lowest BCUT2D eigenvalue weighted by Crippen LogP contribution is -2.20. The SMILES string of the molecule is CCCNC(CC)c1ccc(-c2cncc(C)c2)s1. The zero-order valence-electron chi connectivity index (χ0n) is 11.9. The van der Waals surface area contributed by atoms with E-state index in [0.717, 1.165) is 13.0 Å². The fraction of sp³-hybridized carbons (Fsp3) is 0.438. The van der Waals surface area contributed by atoms with E-state index in [4.69, 9.17) is 0 Å². The van der Waals surface area contributed by atoms with E-state index in [2.05, 4.69) is 49.3 Å². The van der Waals surface area contributed by atoms with Crippen molar-refractivity contribution in [1.29, 1.82) is 0 Å². The molecule has 1 N–H and O–H groups in total. The van der Waals surface area contributed by atoms with Crippen molar-refractivity contribution in [2.45, 2.75) is 39.7 Å². The molecule has 0 aromatic carbocycles. The van der Waals surface area contributed by atoms with Crippen LogP contribution in [0.3, 0.4) is 0 Å². The molecule has 1 atom stereocenters. The molecule has 0 bridgehead atoms. The maximum atomic E-state index is 4.28. The largest absolute Gasteiger partial charge is 0.309 e. The number of thiophene rings is 1. The lowest BCUT2D eigenvalue weighted by Gasteiger charge is -2.14. The van der Waals surface area contributed by atoms with E-state index in [1.54, 1.807) is 0 Å². The molecule has 0 fully saturated rings. The van der Waals surface area contributed by atoms with Crippen molar-refractivity contribution in [2.24, 2.45) is 0 Å². The summed E-state index contributed by atoms with van der Waals surface area (Å²) in [5.74, 6) is 0. The minimum atomic E-state index is 0.483. The van der Waals surface area contributed by atoms with Crippen LogP contribution >= 0.6 is 11.3 Å². The fourth-order valence-corrected chi connectivity index (χ4v) is 3.30. The number of aryl methyl sites for hydroxylation is 1. The molecular formula is C16H22N2S. The maximum absolute atomic E-state index is 4.28. The van der Waals surface area contributed by atoms with Crippen LogP contribution in [0.5, 0.6) is 0 Å². The summed E-state index contributed by atoms with van der Waals surface area (Å²) < 4.78 is 0. The second-order valence-electron chi connectivity index (χ2n) is 4.87. The molecule has 3 heteroatoms. The standard InChI is InChI=1S/C16H22N2S/c1-4-8-18-14(5-2)16-7-6-15(19-16)13-9-12(3)10-17-11-13/h6-7,9-11,14,18H,4-5,8H2,1-3H3. The number of pyridine rings is 1. The first-order valence-corrected chi connectivity index (χ1v) is 7.81. The van der Waals surface area contributed by atoms with Gasteiger partial charge in [0.15, 0.2) is 0 Å². The van der Waals surface area contributed by atoms with E-state index in [1.165, 1.54) is 27.3 Å². The van der Waals surface area contributed by atoms with Gasteiger partial charge in [0.1, 0.15) is 0 Å². The van der Waals surface area contributed by atoms with Gasteiger partial charge in [-0.25, -0.2) is 0 Å². The lowest BCUT2D eigenvalue weighted by atomic mass is 10.1. The summed E-state index contributed by atoms with van der Waals surface area (Å²) in [7, 11) is 0. The molecule has 2 rings (SSSR count). The summed E-state index contributed by atoms with van der Waals surface area (Å²) in [5, 5.41) is 3.61. The molecule has 102 valence electrons. The van der Waals surface area contributed by atoms with Gasteiger partial charge in [-0.2, -0.15) is 0 Å². The third-order valence-electron chi connectivity index (χ3n) is 3.18. The first kappa shape index (κ1) is 14.2. The Hall–Kier alpha value is -1.19. The molecule has 2 heterocycles. The monoisotopic (exact) mass is 274 g/mol. The number of nitrogens with one attached hydrogen (secondary N) is 1.